The summed E-state index contributed by atoms with van der Waals surface area (Å²) in [6.07, 6.45) is 3.99. The van der Waals surface area contributed by atoms with E-state index in [1.165, 1.54) is 33.3 Å². The summed E-state index contributed by atoms with van der Waals surface area (Å²) in [7, 11) is 4.55. The Hall–Kier alpha value is -5.59. The molecule has 6 bridgehead atoms. The van der Waals surface area contributed by atoms with Crippen LogP contribution in [0.5, 0.6) is 0 Å². The second-order valence-electron chi connectivity index (χ2n) is 18.7. The standard InChI is InChI=1S/C48H65N9O8S.2H2/c1-10-56-38-18-17-31-23-33(38)34(42(56)32-15-13-19-49-40(32)30(4)63-8)25-48(5,6)27-65-45(60)35-16-14-22-57(52-35)44(59)36(24-39-50-37(31)26-66-39)51-43(58)41(29(2)3)53(7)46(61)54-20-11-12-21-55(28-54)47(62)64-9;;/h13,15,17-19,23,26,29-30,35-36,41,52H,10-12,14,16,20-22,24-25,27-28H2,1-9H3,(H,51,58);2*1H/t30-,35-,36-,41-;;/m0../s1. The molecule has 4 atom stereocenters. The number of cyclic esters (lactones) is 1. The number of thiazole rings is 1. The number of nitrogens with one attached hydrogen (secondary N) is 2. The lowest BCUT2D eigenvalue weighted by atomic mass is 9.84. The zero-order valence-corrected chi connectivity index (χ0v) is 40.5. The van der Waals surface area contributed by atoms with Crippen LogP contribution in [0.25, 0.3) is 33.4 Å². The van der Waals surface area contributed by atoms with Gasteiger partial charge in [0.15, 0.2) is 0 Å². The number of hydrogen-bond acceptors (Lipinski definition) is 12. The van der Waals surface area contributed by atoms with Gasteiger partial charge in [0.1, 0.15) is 24.8 Å². The number of pyridine rings is 1. The van der Waals surface area contributed by atoms with E-state index in [4.69, 9.17) is 24.2 Å². The van der Waals surface area contributed by atoms with Gasteiger partial charge >= 0.3 is 18.1 Å². The highest BCUT2D eigenvalue weighted by Crippen LogP contribution is 2.42. The van der Waals surface area contributed by atoms with Crippen LogP contribution < -0.4 is 10.7 Å². The summed E-state index contributed by atoms with van der Waals surface area (Å²) in [5.41, 5.74) is 9.22. The van der Waals surface area contributed by atoms with Crippen molar-refractivity contribution in [2.75, 3.05) is 54.2 Å². The Morgan fingerprint density at radius 3 is 2.55 bits per heavy atom. The second-order valence-corrected chi connectivity index (χ2v) is 19.6. The first kappa shape index (κ1) is 48.3. The number of ether oxygens (including phenoxy) is 3. The summed E-state index contributed by atoms with van der Waals surface area (Å²) in [5.74, 6) is -1.77. The molecule has 7 rings (SSSR count). The van der Waals surface area contributed by atoms with E-state index in [1.807, 2.05) is 32.2 Å². The zero-order chi connectivity index (χ0) is 47.4. The molecule has 0 spiro atoms. The highest BCUT2D eigenvalue weighted by atomic mass is 32.1. The number of carbonyl (C=O) groups is 5. The molecule has 4 aromatic rings. The number of carbonyl (C=O) groups excluding carboxylic acids is 5. The van der Waals surface area contributed by atoms with E-state index in [0.717, 1.165) is 44.7 Å². The number of fused-ring (bicyclic) bond motifs is 6. The van der Waals surface area contributed by atoms with Crippen molar-refractivity contribution in [3.05, 3.63) is 58.2 Å². The van der Waals surface area contributed by atoms with E-state index in [2.05, 4.69) is 60.3 Å². The molecule has 1 aromatic carbocycles. The fraction of sp³-hybridized carbons (Fsp3) is 0.562. The molecule has 2 fully saturated rings. The number of aromatic nitrogens is 3. The van der Waals surface area contributed by atoms with Crippen LogP contribution in [-0.2, 0) is 48.0 Å². The van der Waals surface area contributed by atoms with Gasteiger partial charge in [-0.25, -0.2) is 20.0 Å². The second kappa shape index (κ2) is 20.5. The zero-order valence-electron chi connectivity index (χ0n) is 39.7. The van der Waals surface area contributed by atoms with Crippen LogP contribution in [0.4, 0.5) is 9.59 Å². The number of esters is 1. The van der Waals surface area contributed by atoms with Crippen molar-refractivity contribution in [1.29, 1.82) is 0 Å². The number of nitrogens with zero attached hydrogens (tertiary/aromatic N) is 7. The molecule has 5 amide bonds. The predicted octanol–water partition coefficient (Wildman–Crippen LogP) is 6.89. The lowest BCUT2D eigenvalue weighted by molar-refractivity contribution is -0.155. The maximum Gasteiger partial charge on any atom is 0.410 e. The van der Waals surface area contributed by atoms with E-state index in [1.54, 1.807) is 25.3 Å². The van der Waals surface area contributed by atoms with Crippen molar-refractivity contribution in [2.24, 2.45) is 11.3 Å². The minimum absolute atomic E-state index is 0. The summed E-state index contributed by atoms with van der Waals surface area (Å²) in [4.78, 5) is 83.9. The lowest BCUT2D eigenvalue weighted by Crippen LogP contribution is -2.62. The van der Waals surface area contributed by atoms with Crippen LogP contribution in [-0.4, -0.2) is 136 Å². The van der Waals surface area contributed by atoms with Crippen molar-refractivity contribution < 1.29 is 41.0 Å². The Morgan fingerprint density at radius 2 is 1.83 bits per heavy atom. The molecule has 66 heavy (non-hydrogen) atoms. The quantitative estimate of drug-likeness (QED) is 0.176. The molecular weight excluding hydrogens is 863 g/mol. The molecule has 0 saturated carbocycles. The minimum Gasteiger partial charge on any atom is -0.464 e. The molecule has 2 saturated heterocycles. The third-order valence-electron chi connectivity index (χ3n) is 12.9. The van der Waals surface area contributed by atoms with Crippen LogP contribution in [0.2, 0.25) is 0 Å². The highest BCUT2D eigenvalue weighted by Gasteiger charge is 2.39. The average molecular weight is 932 g/mol. The number of likely N-dealkylation sites (N-methyl/N-ethyl adjacent to an activating group) is 1. The molecule has 3 aliphatic heterocycles. The van der Waals surface area contributed by atoms with E-state index in [0.29, 0.717) is 63.3 Å². The van der Waals surface area contributed by atoms with E-state index < -0.39 is 53.4 Å². The van der Waals surface area contributed by atoms with Gasteiger partial charge in [0.05, 0.1) is 41.9 Å². The number of hydrogen-bond donors (Lipinski definition) is 2. The third-order valence-corrected chi connectivity index (χ3v) is 13.8. The molecule has 3 aliphatic rings. The van der Waals surface area contributed by atoms with Crippen molar-refractivity contribution in [2.45, 2.75) is 111 Å². The number of aryl methyl sites for hydroxylation is 1. The van der Waals surface area contributed by atoms with Crippen molar-refractivity contribution >= 4 is 52.1 Å². The summed E-state index contributed by atoms with van der Waals surface area (Å²) in [6, 6.07) is 7.10. The SMILES string of the molecule is CCn1c(-c2cccnc2[C@H](C)OC)c2c3cc(ccc31)-c1csc(n1)C[C@H](NC(=O)[C@H](C(C)C)N(C)C(=O)N1CCCCN(C(=O)OC)C1)C(=O)N1CCC[C@H](N1)C(=O)OCC(C)(C)C2.[HH].[HH]. The van der Waals surface area contributed by atoms with E-state index in [-0.39, 0.29) is 34.6 Å². The average Bonchev–Trinajstić information content (AvgIpc) is 3.80. The predicted molar refractivity (Wildman–Crippen MR) is 255 cm³/mol. The minimum atomic E-state index is -1.10. The molecular formula is C48H69N9O8S. The molecule has 3 aromatic heterocycles. The first-order valence-electron chi connectivity index (χ1n) is 23.0. The first-order valence-corrected chi connectivity index (χ1v) is 23.9. The van der Waals surface area contributed by atoms with Crippen molar-refractivity contribution in [3.8, 4) is 22.5 Å². The highest BCUT2D eigenvalue weighted by molar-refractivity contribution is 7.10. The maximum atomic E-state index is 14.7. The molecule has 6 heterocycles. The van der Waals surface area contributed by atoms with Crippen LogP contribution >= 0.6 is 11.3 Å². The van der Waals surface area contributed by atoms with E-state index >= 15 is 0 Å². The Balaban J connectivity index is 0.00000432. The third kappa shape index (κ3) is 10.2. The molecule has 0 aliphatic carbocycles. The van der Waals surface area contributed by atoms with Crippen molar-refractivity contribution in [1.82, 2.24) is 45.0 Å². The number of urea groups is 1. The fourth-order valence-corrected chi connectivity index (χ4v) is 10.3. The van der Waals surface area contributed by atoms with Crippen molar-refractivity contribution in [3.63, 3.8) is 0 Å². The first-order chi connectivity index (χ1) is 31.5. The lowest BCUT2D eigenvalue weighted by Gasteiger charge is -2.37. The largest absolute Gasteiger partial charge is 0.464 e. The molecule has 0 radical (unpaired) electrons. The van der Waals surface area contributed by atoms with Gasteiger partial charge in [0.2, 0.25) is 5.91 Å². The molecule has 0 unspecified atom stereocenters. The van der Waals surface area contributed by atoms with Gasteiger partial charge in [0.25, 0.3) is 5.91 Å². The number of benzene rings is 1. The summed E-state index contributed by atoms with van der Waals surface area (Å²) >= 11 is 1.40. The number of hydrazine groups is 1. The maximum absolute atomic E-state index is 14.7. The topological polar surface area (TPSA) is 181 Å². The smallest absolute Gasteiger partial charge is 0.410 e. The number of amides is 5. The van der Waals surface area contributed by atoms with Crippen LogP contribution in [0.3, 0.4) is 0 Å². The van der Waals surface area contributed by atoms with Gasteiger partial charge in [-0.05, 0) is 81.7 Å². The number of methoxy groups -OCH3 is 2. The van der Waals surface area contributed by atoms with Gasteiger partial charge in [-0.2, -0.15) is 0 Å². The monoisotopic (exact) mass is 931 g/mol. The summed E-state index contributed by atoms with van der Waals surface area (Å²) < 4.78 is 19.2. The number of rotatable bonds is 8. The molecule has 17 nitrogen and oxygen atoms in total. The van der Waals surface area contributed by atoms with Gasteiger partial charge in [-0.3, -0.25) is 29.3 Å². The van der Waals surface area contributed by atoms with Gasteiger partial charge in [-0.1, -0.05) is 33.8 Å². The van der Waals surface area contributed by atoms with Gasteiger partial charge in [0, 0.05) is 88.6 Å². The van der Waals surface area contributed by atoms with Crippen LogP contribution in [0.15, 0.2) is 41.9 Å². The molecule has 2 N–H and O–H groups in total. The summed E-state index contributed by atoms with van der Waals surface area (Å²) in [5, 5.41) is 8.06. The summed E-state index contributed by atoms with van der Waals surface area (Å²) in [6.45, 7) is 14.0. The Kier molecular flexibility index (Phi) is 15.0. The Morgan fingerprint density at radius 1 is 1.08 bits per heavy atom. The van der Waals surface area contributed by atoms with Crippen LogP contribution in [0.1, 0.15) is 92.4 Å². The fourth-order valence-electron chi connectivity index (χ4n) is 9.48. The van der Waals surface area contributed by atoms with Crippen LogP contribution in [0, 0.1) is 11.3 Å². The molecule has 360 valence electrons. The normalized spacial score (nSPS) is 20.3. The Labute approximate surface area is 394 Å². The van der Waals surface area contributed by atoms with Gasteiger partial charge < -0.3 is 33.9 Å². The molecule has 18 heteroatoms. The van der Waals surface area contributed by atoms with E-state index in [9.17, 15) is 24.0 Å². The Bertz CT molecular complexity index is 2450. The van der Waals surface area contributed by atoms with Gasteiger partial charge in [-0.15, -0.1) is 11.3 Å².